The average molecular weight is 263 g/mol. The van der Waals surface area contributed by atoms with Crippen LogP contribution in [0.1, 0.15) is 30.4 Å². The molecule has 0 bridgehead atoms. The Morgan fingerprint density at radius 2 is 2.21 bits per heavy atom. The molecule has 0 saturated carbocycles. The van der Waals surface area contributed by atoms with Gasteiger partial charge < -0.3 is 4.74 Å². The van der Waals surface area contributed by atoms with Crippen LogP contribution in [-0.2, 0) is 9.63 Å². The first-order valence-electron chi connectivity index (χ1n) is 6.80. The van der Waals surface area contributed by atoms with Crippen LogP contribution in [0.15, 0.2) is 18.2 Å². The molecule has 1 amide bonds. The Morgan fingerprint density at radius 3 is 2.89 bits per heavy atom. The van der Waals surface area contributed by atoms with E-state index in [1.54, 1.807) is 0 Å². The van der Waals surface area contributed by atoms with Crippen molar-refractivity contribution < 1.29 is 14.4 Å². The van der Waals surface area contributed by atoms with E-state index in [0.717, 1.165) is 24.2 Å². The monoisotopic (exact) mass is 263 g/mol. The molecule has 1 aliphatic rings. The molecule has 0 atom stereocenters. The second kappa shape index (κ2) is 6.57. The Kier molecular flexibility index (Phi) is 4.80. The van der Waals surface area contributed by atoms with E-state index in [-0.39, 0.29) is 5.91 Å². The molecule has 1 aromatic carbocycles. The van der Waals surface area contributed by atoms with Gasteiger partial charge >= 0.3 is 0 Å². The summed E-state index contributed by atoms with van der Waals surface area (Å²) in [6.07, 6.45) is 2.40. The van der Waals surface area contributed by atoms with E-state index in [0.29, 0.717) is 26.2 Å². The maximum absolute atomic E-state index is 11.8. The van der Waals surface area contributed by atoms with Gasteiger partial charge in [-0.25, -0.2) is 5.06 Å². The van der Waals surface area contributed by atoms with Gasteiger partial charge in [-0.3, -0.25) is 9.63 Å². The number of amides is 1. The van der Waals surface area contributed by atoms with Crippen molar-refractivity contribution in [3.8, 4) is 5.75 Å². The van der Waals surface area contributed by atoms with Crippen LogP contribution in [0.4, 0.5) is 0 Å². The van der Waals surface area contributed by atoms with Crippen molar-refractivity contribution in [2.75, 3.05) is 19.8 Å². The largest absolute Gasteiger partial charge is 0.493 e. The number of carbonyl (C=O) groups excluding carboxylic acids is 1. The topological polar surface area (TPSA) is 38.8 Å². The Balaban J connectivity index is 1.78. The molecule has 0 radical (unpaired) electrons. The van der Waals surface area contributed by atoms with Gasteiger partial charge in [0.15, 0.2) is 0 Å². The fourth-order valence-electron chi connectivity index (χ4n) is 2.13. The van der Waals surface area contributed by atoms with Crippen molar-refractivity contribution in [3.63, 3.8) is 0 Å². The molecule has 1 fully saturated rings. The van der Waals surface area contributed by atoms with E-state index in [1.165, 1.54) is 10.6 Å². The van der Waals surface area contributed by atoms with Crippen molar-refractivity contribution in [3.05, 3.63) is 29.3 Å². The third-order valence-electron chi connectivity index (χ3n) is 3.18. The molecular formula is C15H21NO3. The van der Waals surface area contributed by atoms with Crippen molar-refractivity contribution in [2.45, 2.75) is 33.1 Å². The molecule has 4 nitrogen and oxygen atoms in total. The third-order valence-corrected chi connectivity index (χ3v) is 3.18. The zero-order valence-corrected chi connectivity index (χ0v) is 11.6. The van der Waals surface area contributed by atoms with Gasteiger partial charge in [-0.1, -0.05) is 17.7 Å². The van der Waals surface area contributed by atoms with Gasteiger partial charge in [-0.05, 0) is 38.3 Å². The molecule has 1 aliphatic heterocycles. The van der Waals surface area contributed by atoms with E-state index in [9.17, 15) is 4.79 Å². The molecule has 1 saturated heterocycles. The Labute approximate surface area is 114 Å². The molecule has 0 aliphatic carbocycles. The van der Waals surface area contributed by atoms with Crippen LogP contribution in [0.5, 0.6) is 5.75 Å². The van der Waals surface area contributed by atoms with Crippen molar-refractivity contribution in [1.29, 1.82) is 0 Å². The fourth-order valence-corrected chi connectivity index (χ4v) is 2.13. The molecule has 4 heteroatoms. The molecule has 0 aromatic heterocycles. The summed E-state index contributed by atoms with van der Waals surface area (Å²) in [7, 11) is 0. The minimum absolute atomic E-state index is 0.00413. The lowest BCUT2D eigenvalue weighted by Crippen LogP contribution is -2.36. The summed E-state index contributed by atoms with van der Waals surface area (Å²) in [6, 6.07) is 6.04. The molecule has 0 N–H and O–H groups in total. The van der Waals surface area contributed by atoms with E-state index in [4.69, 9.17) is 9.57 Å². The highest BCUT2D eigenvalue weighted by molar-refractivity contribution is 5.75. The summed E-state index contributed by atoms with van der Waals surface area (Å²) < 4.78 is 5.65. The predicted octanol–water partition coefficient (Wildman–Crippen LogP) is 2.63. The molecular weight excluding hydrogens is 242 g/mol. The van der Waals surface area contributed by atoms with E-state index in [1.807, 2.05) is 26.0 Å². The lowest BCUT2D eigenvalue weighted by Gasteiger charge is -2.25. The van der Waals surface area contributed by atoms with Crippen molar-refractivity contribution in [2.24, 2.45) is 0 Å². The number of ether oxygens (including phenoxy) is 1. The first-order chi connectivity index (χ1) is 9.16. The number of benzene rings is 1. The molecule has 2 rings (SSSR count). The molecule has 1 aromatic rings. The Hall–Kier alpha value is -1.55. The van der Waals surface area contributed by atoms with Crippen LogP contribution < -0.4 is 4.74 Å². The van der Waals surface area contributed by atoms with Gasteiger partial charge in [-0.2, -0.15) is 0 Å². The highest BCUT2D eigenvalue weighted by atomic mass is 16.7. The summed E-state index contributed by atoms with van der Waals surface area (Å²) in [5, 5.41) is 1.47. The third kappa shape index (κ3) is 3.96. The summed E-state index contributed by atoms with van der Waals surface area (Å²) in [5.41, 5.74) is 2.31. The normalized spacial score (nSPS) is 15.4. The number of rotatable bonds is 4. The van der Waals surface area contributed by atoms with Crippen molar-refractivity contribution >= 4 is 5.91 Å². The quantitative estimate of drug-likeness (QED) is 0.838. The predicted molar refractivity (Wildman–Crippen MR) is 72.9 cm³/mol. The van der Waals surface area contributed by atoms with E-state index < -0.39 is 0 Å². The minimum Gasteiger partial charge on any atom is -0.493 e. The standard InChI is InChI=1S/C15H21NO3/c1-12-5-6-14(13(2)11-12)18-10-7-15(17)16-8-3-4-9-19-16/h5-6,11H,3-4,7-10H2,1-2H3. The Morgan fingerprint density at radius 1 is 1.37 bits per heavy atom. The second-order valence-corrected chi connectivity index (χ2v) is 4.90. The van der Waals surface area contributed by atoms with Crippen LogP contribution >= 0.6 is 0 Å². The van der Waals surface area contributed by atoms with Gasteiger partial charge in [0.2, 0.25) is 5.91 Å². The van der Waals surface area contributed by atoms with Crippen molar-refractivity contribution in [1.82, 2.24) is 5.06 Å². The molecule has 0 unspecified atom stereocenters. The van der Waals surface area contributed by atoms with Gasteiger partial charge in [0.25, 0.3) is 0 Å². The first-order valence-corrected chi connectivity index (χ1v) is 6.80. The van der Waals surface area contributed by atoms with Gasteiger partial charge in [0.1, 0.15) is 5.75 Å². The Bertz CT molecular complexity index is 439. The van der Waals surface area contributed by atoms with Crippen LogP contribution in [-0.4, -0.2) is 30.7 Å². The summed E-state index contributed by atoms with van der Waals surface area (Å²) in [6.45, 7) is 5.79. The first kappa shape index (κ1) is 13.9. The zero-order chi connectivity index (χ0) is 13.7. The maximum atomic E-state index is 11.8. The lowest BCUT2D eigenvalue weighted by atomic mass is 10.1. The fraction of sp³-hybridized carbons (Fsp3) is 0.533. The number of hydrogen-bond acceptors (Lipinski definition) is 3. The summed E-state index contributed by atoms with van der Waals surface area (Å²) >= 11 is 0. The van der Waals surface area contributed by atoms with Crippen LogP contribution in [0.3, 0.4) is 0 Å². The second-order valence-electron chi connectivity index (χ2n) is 4.90. The SMILES string of the molecule is Cc1ccc(OCCC(=O)N2CCCCO2)c(C)c1. The van der Waals surface area contributed by atoms with Crippen LogP contribution in [0.2, 0.25) is 0 Å². The minimum atomic E-state index is 0.00413. The highest BCUT2D eigenvalue weighted by Gasteiger charge is 2.17. The number of hydroxylamine groups is 2. The highest BCUT2D eigenvalue weighted by Crippen LogP contribution is 2.19. The van der Waals surface area contributed by atoms with Gasteiger partial charge in [-0.15, -0.1) is 0 Å². The van der Waals surface area contributed by atoms with Gasteiger partial charge in [0.05, 0.1) is 19.6 Å². The number of nitrogens with zero attached hydrogens (tertiary/aromatic N) is 1. The zero-order valence-electron chi connectivity index (χ0n) is 11.6. The van der Waals surface area contributed by atoms with Gasteiger partial charge in [0, 0.05) is 6.54 Å². The average Bonchev–Trinajstić information content (AvgIpc) is 2.42. The smallest absolute Gasteiger partial charge is 0.249 e. The lowest BCUT2D eigenvalue weighted by molar-refractivity contribution is -0.197. The van der Waals surface area contributed by atoms with E-state index in [2.05, 4.69) is 6.07 Å². The molecule has 0 spiro atoms. The summed E-state index contributed by atoms with van der Waals surface area (Å²) in [4.78, 5) is 17.2. The maximum Gasteiger partial charge on any atom is 0.249 e. The molecule has 1 heterocycles. The van der Waals surface area contributed by atoms with Crippen LogP contribution in [0.25, 0.3) is 0 Å². The number of hydrogen-bond donors (Lipinski definition) is 0. The number of aryl methyl sites for hydroxylation is 2. The molecule has 19 heavy (non-hydrogen) atoms. The number of carbonyl (C=O) groups is 1. The van der Waals surface area contributed by atoms with Crippen LogP contribution in [0, 0.1) is 13.8 Å². The molecule has 104 valence electrons. The van der Waals surface area contributed by atoms with E-state index >= 15 is 0 Å². The summed E-state index contributed by atoms with van der Waals surface area (Å²) in [5.74, 6) is 0.849.